The Morgan fingerprint density at radius 3 is 2.26 bits per heavy atom. The fourth-order valence-corrected chi connectivity index (χ4v) is 2.99. The van der Waals surface area contributed by atoms with Crippen LogP contribution in [0.2, 0.25) is 0 Å². The second-order valence-electron chi connectivity index (χ2n) is 5.95. The third-order valence-electron chi connectivity index (χ3n) is 4.33. The second-order valence-corrected chi connectivity index (χ2v) is 5.95. The van der Waals surface area contributed by atoms with E-state index < -0.39 is 5.97 Å². The Morgan fingerprint density at radius 1 is 1.26 bits per heavy atom. The summed E-state index contributed by atoms with van der Waals surface area (Å²) in [5.41, 5.74) is 5.35. The molecule has 0 saturated heterocycles. The standard InChI is InChI=1S/C16H23NO2/c1-10-5-11(2)15(12(3)6-10)9-17(4)14-7-13(8-14)16(18)19/h5-6,13-14H,7-9H2,1-4H3,(H,18,19). The van der Waals surface area contributed by atoms with E-state index in [9.17, 15) is 4.79 Å². The van der Waals surface area contributed by atoms with E-state index in [-0.39, 0.29) is 5.92 Å². The molecule has 1 aliphatic rings. The molecule has 0 amide bonds. The molecule has 0 aromatic heterocycles. The zero-order valence-corrected chi connectivity index (χ0v) is 12.2. The highest BCUT2D eigenvalue weighted by molar-refractivity contribution is 5.71. The van der Waals surface area contributed by atoms with Gasteiger partial charge in [0.05, 0.1) is 5.92 Å². The van der Waals surface area contributed by atoms with Gasteiger partial charge in [-0.25, -0.2) is 0 Å². The van der Waals surface area contributed by atoms with Crippen molar-refractivity contribution in [3.63, 3.8) is 0 Å². The molecule has 3 nitrogen and oxygen atoms in total. The summed E-state index contributed by atoms with van der Waals surface area (Å²) in [5.74, 6) is -0.778. The summed E-state index contributed by atoms with van der Waals surface area (Å²) in [6.45, 7) is 7.35. The molecule has 1 aromatic rings. The average molecular weight is 261 g/mol. The third kappa shape index (κ3) is 2.98. The van der Waals surface area contributed by atoms with Crippen LogP contribution >= 0.6 is 0 Å². The number of aryl methyl sites for hydroxylation is 3. The highest BCUT2D eigenvalue weighted by Gasteiger charge is 2.36. The lowest BCUT2D eigenvalue weighted by molar-refractivity contribution is -0.146. The van der Waals surface area contributed by atoms with Crippen LogP contribution in [0.1, 0.15) is 35.1 Å². The molecule has 1 aromatic carbocycles. The Hall–Kier alpha value is -1.35. The smallest absolute Gasteiger partial charge is 0.306 e. The Labute approximate surface area is 115 Å². The Bertz CT molecular complexity index is 467. The predicted molar refractivity (Wildman–Crippen MR) is 76.3 cm³/mol. The second kappa shape index (κ2) is 5.33. The van der Waals surface area contributed by atoms with Gasteiger partial charge in [0.15, 0.2) is 0 Å². The first-order chi connectivity index (χ1) is 8.88. The molecule has 1 fully saturated rings. The van der Waals surface area contributed by atoms with Crippen LogP contribution in [0, 0.1) is 26.7 Å². The van der Waals surface area contributed by atoms with Gasteiger partial charge < -0.3 is 5.11 Å². The Morgan fingerprint density at radius 2 is 1.79 bits per heavy atom. The molecule has 1 N–H and O–H groups in total. The van der Waals surface area contributed by atoms with Crippen LogP contribution in [0.25, 0.3) is 0 Å². The van der Waals surface area contributed by atoms with E-state index >= 15 is 0 Å². The highest BCUT2D eigenvalue weighted by atomic mass is 16.4. The predicted octanol–water partition coefficient (Wildman–Crippen LogP) is 2.91. The van der Waals surface area contributed by atoms with Gasteiger partial charge in [-0.05, 0) is 57.4 Å². The van der Waals surface area contributed by atoms with Crippen LogP contribution in [0.4, 0.5) is 0 Å². The van der Waals surface area contributed by atoms with E-state index in [0.717, 1.165) is 19.4 Å². The number of benzene rings is 1. The van der Waals surface area contributed by atoms with E-state index in [4.69, 9.17) is 5.11 Å². The maximum absolute atomic E-state index is 10.8. The van der Waals surface area contributed by atoms with Gasteiger partial charge in [-0.15, -0.1) is 0 Å². The largest absolute Gasteiger partial charge is 0.481 e. The van der Waals surface area contributed by atoms with Gasteiger partial charge >= 0.3 is 5.97 Å². The van der Waals surface area contributed by atoms with Crippen LogP contribution in [-0.2, 0) is 11.3 Å². The molecule has 2 rings (SSSR count). The van der Waals surface area contributed by atoms with Crippen molar-refractivity contribution in [2.45, 2.75) is 46.2 Å². The Kier molecular flexibility index (Phi) is 3.95. The molecule has 1 saturated carbocycles. The molecule has 0 radical (unpaired) electrons. The molecule has 0 heterocycles. The summed E-state index contributed by atoms with van der Waals surface area (Å²) >= 11 is 0. The number of aliphatic carboxylic acids is 1. The number of hydrogen-bond donors (Lipinski definition) is 1. The van der Waals surface area contributed by atoms with Gasteiger partial charge in [0.25, 0.3) is 0 Å². The summed E-state index contributed by atoms with van der Waals surface area (Å²) in [5, 5.41) is 8.92. The number of rotatable bonds is 4. The van der Waals surface area contributed by atoms with Crippen LogP contribution in [0.3, 0.4) is 0 Å². The van der Waals surface area contributed by atoms with Crippen molar-refractivity contribution in [3.8, 4) is 0 Å². The van der Waals surface area contributed by atoms with E-state index in [2.05, 4.69) is 44.9 Å². The molecule has 0 atom stereocenters. The maximum Gasteiger partial charge on any atom is 0.306 e. The molecular formula is C16H23NO2. The first-order valence-corrected chi connectivity index (χ1v) is 6.88. The van der Waals surface area contributed by atoms with Gasteiger partial charge in [-0.1, -0.05) is 17.7 Å². The number of hydrogen-bond acceptors (Lipinski definition) is 2. The summed E-state index contributed by atoms with van der Waals surface area (Å²) in [6.07, 6.45) is 1.57. The monoisotopic (exact) mass is 261 g/mol. The van der Waals surface area contributed by atoms with E-state index in [1.165, 1.54) is 22.3 Å². The molecule has 104 valence electrons. The van der Waals surface area contributed by atoms with E-state index in [1.807, 2.05) is 0 Å². The Balaban J connectivity index is 2.01. The molecule has 19 heavy (non-hydrogen) atoms. The normalized spacial score (nSPS) is 22.4. The lowest BCUT2D eigenvalue weighted by Crippen LogP contribution is -2.45. The van der Waals surface area contributed by atoms with Crippen molar-refractivity contribution in [2.24, 2.45) is 5.92 Å². The highest BCUT2D eigenvalue weighted by Crippen LogP contribution is 2.32. The third-order valence-corrected chi connectivity index (χ3v) is 4.33. The number of nitrogens with zero attached hydrogens (tertiary/aromatic N) is 1. The number of carboxylic acids is 1. The fraction of sp³-hybridized carbons (Fsp3) is 0.562. The van der Waals surface area contributed by atoms with Crippen LogP contribution in [0.15, 0.2) is 12.1 Å². The molecule has 3 heteroatoms. The van der Waals surface area contributed by atoms with Crippen molar-refractivity contribution in [2.75, 3.05) is 7.05 Å². The van der Waals surface area contributed by atoms with Gasteiger partial charge in [-0.3, -0.25) is 9.69 Å². The fourth-order valence-electron chi connectivity index (χ4n) is 2.99. The van der Waals surface area contributed by atoms with Crippen molar-refractivity contribution < 1.29 is 9.90 Å². The van der Waals surface area contributed by atoms with Gasteiger partial charge in [0.1, 0.15) is 0 Å². The minimum absolute atomic E-state index is 0.132. The van der Waals surface area contributed by atoms with Gasteiger partial charge in [0, 0.05) is 12.6 Å². The zero-order valence-electron chi connectivity index (χ0n) is 12.2. The summed E-state index contributed by atoms with van der Waals surface area (Å²) in [7, 11) is 2.10. The van der Waals surface area contributed by atoms with Crippen molar-refractivity contribution in [1.29, 1.82) is 0 Å². The quantitative estimate of drug-likeness (QED) is 0.906. The topological polar surface area (TPSA) is 40.5 Å². The maximum atomic E-state index is 10.8. The summed E-state index contributed by atoms with van der Waals surface area (Å²) in [4.78, 5) is 13.1. The molecular weight excluding hydrogens is 238 g/mol. The first-order valence-electron chi connectivity index (χ1n) is 6.88. The molecule has 0 aliphatic heterocycles. The van der Waals surface area contributed by atoms with Crippen molar-refractivity contribution >= 4 is 5.97 Å². The SMILES string of the molecule is Cc1cc(C)c(CN(C)C2CC(C(=O)O)C2)c(C)c1. The summed E-state index contributed by atoms with van der Waals surface area (Å²) in [6, 6.07) is 4.86. The minimum Gasteiger partial charge on any atom is -0.481 e. The minimum atomic E-state index is -0.646. The lowest BCUT2D eigenvalue weighted by atomic mass is 9.79. The van der Waals surface area contributed by atoms with Gasteiger partial charge in [0.2, 0.25) is 0 Å². The van der Waals surface area contributed by atoms with Crippen molar-refractivity contribution in [3.05, 3.63) is 34.4 Å². The van der Waals surface area contributed by atoms with Crippen LogP contribution < -0.4 is 0 Å². The van der Waals surface area contributed by atoms with Gasteiger partial charge in [-0.2, -0.15) is 0 Å². The van der Waals surface area contributed by atoms with Crippen molar-refractivity contribution in [1.82, 2.24) is 4.90 Å². The first kappa shape index (κ1) is 14.1. The van der Waals surface area contributed by atoms with Crippen LogP contribution in [-0.4, -0.2) is 29.1 Å². The molecule has 0 bridgehead atoms. The molecule has 0 unspecified atom stereocenters. The average Bonchev–Trinajstić information content (AvgIpc) is 2.20. The van der Waals surface area contributed by atoms with Crippen LogP contribution in [0.5, 0.6) is 0 Å². The lowest BCUT2D eigenvalue weighted by Gasteiger charge is -2.39. The number of carbonyl (C=O) groups is 1. The number of carboxylic acid groups (broad SMARTS) is 1. The summed E-state index contributed by atoms with van der Waals surface area (Å²) < 4.78 is 0. The van der Waals surface area contributed by atoms with E-state index in [0.29, 0.717) is 6.04 Å². The zero-order chi connectivity index (χ0) is 14.2. The van der Waals surface area contributed by atoms with E-state index in [1.54, 1.807) is 0 Å². The molecule has 0 spiro atoms. The molecule has 1 aliphatic carbocycles.